The summed E-state index contributed by atoms with van der Waals surface area (Å²) in [6, 6.07) is 0. The van der Waals surface area contributed by atoms with E-state index >= 15 is 0 Å². The third-order valence-electron chi connectivity index (χ3n) is 2.79. The fourth-order valence-corrected chi connectivity index (χ4v) is 2.30. The highest BCUT2D eigenvalue weighted by molar-refractivity contribution is 6.17. The van der Waals surface area contributed by atoms with E-state index < -0.39 is 0 Å². The van der Waals surface area contributed by atoms with Gasteiger partial charge in [-0.1, -0.05) is 39.0 Å². The molecule has 1 heteroatoms. The van der Waals surface area contributed by atoms with E-state index in [1.807, 2.05) is 6.08 Å². The van der Waals surface area contributed by atoms with Gasteiger partial charge in [-0.2, -0.15) is 0 Å². The Bertz CT molecular complexity index is 152. The highest BCUT2D eigenvalue weighted by Crippen LogP contribution is 2.34. The second-order valence-electron chi connectivity index (χ2n) is 3.22. The van der Waals surface area contributed by atoms with Crippen molar-refractivity contribution < 1.29 is 0 Å². The Morgan fingerprint density at radius 1 is 1.45 bits per heavy atom. The van der Waals surface area contributed by atoms with Crippen LogP contribution in [-0.2, 0) is 0 Å². The maximum absolute atomic E-state index is 3.85. The van der Waals surface area contributed by atoms with Crippen LogP contribution in [-0.4, -0.2) is 10.2 Å². The Morgan fingerprint density at radius 3 is 2.00 bits per heavy atom. The van der Waals surface area contributed by atoms with Gasteiger partial charge in [0.05, 0.1) is 0 Å². The number of rotatable bonds is 4. The molecule has 0 nitrogen and oxygen atoms in total. The lowest BCUT2D eigenvalue weighted by Crippen LogP contribution is -2.15. The molecule has 0 unspecified atom stereocenters. The third-order valence-corrected chi connectivity index (χ3v) is 3.41. The maximum atomic E-state index is 3.85. The van der Waals surface area contributed by atoms with Gasteiger partial charge in [0.25, 0.3) is 0 Å². The molecule has 0 aliphatic heterocycles. The van der Waals surface area contributed by atoms with Crippen LogP contribution in [0.25, 0.3) is 0 Å². The molecule has 0 N–H and O–H groups in total. The van der Waals surface area contributed by atoms with Crippen LogP contribution < -0.4 is 0 Å². The van der Waals surface area contributed by atoms with E-state index in [1.165, 1.54) is 18.4 Å². The van der Waals surface area contributed by atoms with E-state index in [1.54, 1.807) is 0 Å². The first-order valence-corrected chi connectivity index (χ1v) is 5.59. The molecular formula is C10H20Si. The molecule has 64 valence electrons. The van der Waals surface area contributed by atoms with E-state index in [0.717, 1.165) is 10.2 Å². The zero-order valence-electron chi connectivity index (χ0n) is 8.28. The Labute approximate surface area is 73.8 Å². The van der Waals surface area contributed by atoms with E-state index in [0.29, 0.717) is 5.41 Å². The van der Waals surface area contributed by atoms with Gasteiger partial charge in [0.2, 0.25) is 0 Å². The van der Waals surface area contributed by atoms with Crippen molar-refractivity contribution in [2.45, 2.75) is 33.6 Å². The van der Waals surface area contributed by atoms with E-state index in [-0.39, 0.29) is 0 Å². The zero-order chi connectivity index (χ0) is 8.91. The first kappa shape index (κ1) is 10.7. The average molecular weight is 168 g/mol. The smallest absolute Gasteiger partial charge is 0.0295 e. The largest absolute Gasteiger partial charge is 0.102 e. The van der Waals surface area contributed by atoms with Crippen molar-refractivity contribution in [2.75, 3.05) is 0 Å². The summed E-state index contributed by atoms with van der Waals surface area (Å²) in [7, 11) is 1.14. The van der Waals surface area contributed by atoms with Gasteiger partial charge >= 0.3 is 0 Å². The fraction of sp³-hybridized carbons (Fsp3) is 0.600. The molecule has 11 heavy (non-hydrogen) atoms. The molecule has 0 amide bonds. The molecule has 0 heterocycles. The highest BCUT2D eigenvalue weighted by Gasteiger charge is 2.21. The third kappa shape index (κ3) is 2.33. The van der Waals surface area contributed by atoms with Gasteiger partial charge in [-0.15, -0.1) is 5.70 Å². The van der Waals surface area contributed by atoms with E-state index in [9.17, 15) is 0 Å². The van der Waals surface area contributed by atoms with Crippen molar-refractivity contribution in [2.24, 2.45) is 5.41 Å². The van der Waals surface area contributed by atoms with Crippen LogP contribution in [0.3, 0.4) is 0 Å². The highest BCUT2D eigenvalue weighted by atomic mass is 28.1. The van der Waals surface area contributed by atoms with Gasteiger partial charge in [0, 0.05) is 10.2 Å². The lowest BCUT2D eigenvalue weighted by molar-refractivity contribution is 0.377. The Balaban J connectivity index is 4.59. The first-order valence-electron chi connectivity index (χ1n) is 4.43. The molecule has 0 aliphatic carbocycles. The lowest BCUT2D eigenvalue weighted by Gasteiger charge is -2.28. The minimum Gasteiger partial charge on any atom is -0.102 e. The minimum absolute atomic E-state index is 0.378. The Morgan fingerprint density at radius 2 is 1.91 bits per heavy atom. The predicted octanol–water partition coefficient (Wildman–Crippen LogP) is 2.25. The summed E-state index contributed by atoms with van der Waals surface area (Å²) in [6.45, 7) is 10.7. The summed E-state index contributed by atoms with van der Waals surface area (Å²) >= 11 is 0. The van der Waals surface area contributed by atoms with Crippen LogP contribution in [0.1, 0.15) is 33.6 Å². The fourth-order valence-electron chi connectivity index (χ4n) is 1.37. The molecule has 0 saturated carbocycles. The molecule has 0 aliphatic rings. The second kappa shape index (κ2) is 4.55. The van der Waals surface area contributed by atoms with Gasteiger partial charge in [0.15, 0.2) is 0 Å². The summed E-state index contributed by atoms with van der Waals surface area (Å²) < 4.78 is 0. The summed E-state index contributed by atoms with van der Waals surface area (Å²) in [5.74, 6) is 0. The van der Waals surface area contributed by atoms with Crippen LogP contribution in [0.15, 0.2) is 23.9 Å². The van der Waals surface area contributed by atoms with Gasteiger partial charge < -0.3 is 0 Å². The van der Waals surface area contributed by atoms with Crippen LogP contribution in [0.4, 0.5) is 0 Å². The van der Waals surface area contributed by atoms with Crippen molar-refractivity contribution in [3.63, 3.8) is 0 Å². The first-order chi connectivity index (χ1) is 5.14. The molecule has 0 spiro atoms. The predicted molar refractivity (Wildman–Crippen MR) is 56.9 cm³/mol. The van der Waals surface area contributed by atoms with Gasteiger partial charge in [-0.3, -0.25) is 0 Å². The average Bonchev–Trinajstić information content (AvgIpc) is 2.06. The quantitative estimate of drug-likeness (QED) is 0.446. The molecular weight excluding hydrogens is 148 g/mol. The zero-order valence-corrected chi connectivity index (χ0v) is 10.3. The molecule has 0 rings (SSSR count). The standard InChI is InChI=1S/C10H20Si/c1-5-9(8-11)10(4,6-2)7-3/h5,8H,1,6-7H2,2-4,11H3. The number of hydrogen-bond acceptors (Lipinski definition) is 0. The molecule has 0 radical (unpaired) electrons. The summed E-state index contributed by atoms with van der Waals surface area (Å²) in [5, 5.41) is 0. The van der Waals surface area contributed by atoms with Gasteiger partial charge in [0.1, 0.15) is 0 Å². The van der Waals surface area contributed by atoms with Crippen molar-refractivity contribution in [1.29, 1.82) is 0 Å². The molecule has 0 bridgehead atoms. The molecule has 0 aromatic heterocycles. The molecule has 0 saturated heterocycles. The Kier molecular flexibility index (Phi) is 4.42. The van der Waals surface area contributed by atoms with E-state index in [2.05, 4.69) is 33.0 Å². The van der Waals surface area contributed by atoms with Crippen LogP contribution in [0, 0.1) is 5.41 Å². The minimum atomic E-state index is 0.378. The lowest BCUT2D eigenvalue weighted by atomic mass is 9.78. The monoisotopic (exact) mass is 168 g/mol. The van der Waals surface area contributed by atoms with E-state index in [4.69, 9.17) is 0 Å². The van der Waals surface area contributed by atoms with Crippen molar-refractivity contribution >= 4 is 10.2 Å². The van der Waals surface area contributed by atoms with Crippen molar-refractivity contribution in [1.82, 2.24) is 0 Å². The van der Waals surface area contributed by atoms with Crippen LogP contribution in [0.5, 0.6) is 0 Å². The Hall–Kier alpha value is -0.303. The molecule has 0 fully saturated rings. The second-order valence-corrected chi connectivity index (χ2v) is 3.79. The SMILES string of the molecule is C=CC(=C[SiH3])C(C)(CC)CC. The van der Waals surface area contributed by atoms with Crippen molar-refractivity contribution in [3.8, 4) is 0 Å². The molecule has 0 atom stereocenters. The molecule has 0 aromatic rings. The van der Waals surface area contributed by atoms with Crippen molar-refractivity contribution in [3.05, 3.63) is 23.9 Å². The maximum Gasteiger partial charge on any atom is 0.0295 e. The van der Waals surface area contributed by atoms with Crippen LogP contribution in [0.2, 0.25) is 0 Å². The summed E-state index contributed by atoms with van der Waals surface area (Å²) in [4.78, 5) is 0. The van der Waals surface area contributed by atoms with Gasteiger partial charge in [-0.25, -0.2) is 0 Å². The van der Waals surface area contributed by atoms with Gasteiger partial charge in [-0.05, 0) is 18.3 Å². The summed E-state index contributed by atoms with van der Waals surface area (Å²) in [5.41, 5.74) is 4.12. The normalized spacial score (nSPS) is 13.5. The number of hydrogen-bond donors (Lipinski definition) is 0. The summed E-state index contributed by atoms with van der Waals surface area (Å²) in [6.07, 6.45) is 4.44. The van der Waals surface area contributed by atoms with Crippen LogP contribution >= 0.6 is 0 Å². The number of allylic oxidation sites excluding steroid dienone is 2. The topological polar surface area (TPSA) is 0 Å². The molecule has 0 aromatic carbocycles.